The summed E-state index contributed by atoms with van der Waals surface area (Å²) in [6.07, 6.45) is 2.05. The molecule has 0 rings (SSSR count). The van der Waals surface area contributed by atoms with E-state index in [2.05, 4.69) is 19.2 Å². The first-order valence-corrected chi connectivity index (χ1v) is 6.28. The molecule has 96 valence electrons. The smallest absolute Gasteiger partial charge is 0.325 e. The van der Waals surface area contributed by atoms with Gasteiger partial charge in [0.05, 0.1) is 6.61 Å². The molecule has 0 saturated heterocycles. The van der Waals surface area contributed by atoms with E-state index in [0.29, 0.717) is 18.6 Å². The molecule has 0 aliphatic heterocycles. The van der Waals surface area contributed by atoms with E-state index in [9.17, 15) is 4.79 Å². The largest absolute Gasteiger partial charge is 0.464 e. The first kappa shape index (κ1) is 15.4. The highest BCUT2D eigenvalue weighted by atomic mass is 16.5. The van der Waals surface area contributed by atoms with E-state index in [0.717, 1.165) is 12.8 Å². The van der Waals surface area contributed by atoms with Crippen molar-refractivity contribution in [1.29, 1.82) is 0 Å². The molecule has 3 nitrogen and oxygen atoms in total. The molecular formula is C13H27NO2. The number of carbonyl (C=O) groups is 1. The molecule has 0 atom stereocenters. The van der Waals surface area contributed by atoms with Crippen LogP contribution in [0.4, 0.5) is 0 Å². The van der Waals surface area contributed by atoms with E-state index in [1.165, 1.54) is 0 Å². The third kappa shape index (κ3) is 5.50. The highest BCUT2D eigenvalue weighted by Crippen LogP contribution is 2.10. The van der Waals surface area contributed by atoms with Crippen LogP contribution >= 0.6 is 0 Å². The van der Waals surface area contributed by atoms with Crippen LogP contribution in [0.25, 0.3) is 0 Å². The van der Waals surface area contributed by atoms with Crippen LogP contribution in [0.2, 0.25) is 0 Å². The lowest BCUT2D eigenvalue weighted by atomic mass is 10.0. The van der Waals surface area contributed by atoms with Crippen LogP contribution in [-0.2, 0) is 9.53 Å². The maximum Gasteiger partial charge on any atom is 0.325 e. The van der Waals surface area contributed by atoms with Crippen molar-refractivity contribution in [2.24, 2.45) is 5.92 Å². The zero-order valence-corrected chi connectivity index (χ0v) is 11.6. The lowest BCUT2D eigenvalue weighted by Gasteiger charge is -2.29. The topological polar surface area (TPSA) is 38.3 Å². The molecule has 0 bridgehead atoms. The fraction of sp³-hybridized carbons (Fsp3) is 0.923. The summed E-state index contributed by atoms with van der Waals surface area (Å²) in [4.78, 5) is 11.9. The predicted molar refractivity (Wildman–Crippen MR) is 67.4 cm³/mol. The number of hydrogen-bond donors (Lipinski definition) is 1. The second-order valence-corrected chi connectivity index (χ2v) is 5.28. The van der Waals surface area contributed by atoms with Gasteiger partial charge in [-0.15, -0.1) is 0 Å². The predicted octanol–water partition coefficient (Wildman–Crippen LogP) is 2.74. The van der Waals surface area contributed by atoms with Gasteiger partial charge in [0.1, 0.15) is 5.54 Å². The molecule has 0 aliphatic carbocycles. The number of esters is 1. The van der Waals surface area contributed by atoms with Gasteiger partial charge in [-0.25, -0.2) is 0 Å². The Hall–Kier alpha value is -0.570. The van der Waals surface area contributed by atoms with Crippen molar-refractivity contribution >= 4 is 5.97 Å². The second-order valence-electron chi connectivity index (χ2n) is 5.28. The number of hydrogen-bond acceptors (Lipinski definition) is 3. The van der Waals surface area contributed by atoms with E-state index in [-0.39, 0.29) is 5.97 Å². The Bertz CT molecular complexity index is 208. The summed E-state index contributed by atoms with van der Waals surface area (Å²) in [5.74, 6) is 0.223. The summed E-state index contributed by atoms with van der Waals surface area (Å²) < 4.78 is 5.26. The third-order valence-corrected chi connectivity index (χ3v) is 2.61. The van der Waals surface area contributed by atoms with E-state index < -0.39 is 5.54 Å². The van der Waals surface area contributed by atoms with Crippen molar-refractivity contribution in [2.45, 2.75) is 66.0 Å². The summed E-state index contributed by atoms with van der Waals surface area (Å²) in [5.41, 5.74) is -0.592. The molecule has 3 heteroatoms. The maximum atomic E-state index is 11.9. The van der Waals surface area contributed by atoms with Crippen LogP contribution in [0.15, 0.2) is 0 Å². The average molecular weight is 229 g/mol. The fourth-order valence-corrected chi connectivity index (χ4v) is 1.48. The van der Waals surface area contributed by atoms with Gasteiger partial charge < -0.3 is 4.74 Å². The monoisotopic (exact) mass is 229 g/mol. The van der Waals surface area contributed by atoms with Gasteiger partial charge in [-0.05, 0) is 32.6 Å². The van der Waals surface area contributed by atoms with Crippen molar-refractivity contribution in [2.75, 3.05) is 6.61 Å². The normalized spacial score (nSPS) is 12.2. The van der Waals surface area contributed by atoms with Crippen LogP contribution in [0.1, 0.15) is 54.4 Å². The molecule has 0 fully saturated rings. The summed E-state index contributed by atoms with van der Waals surface area (Å²) in [5, 5.41) is 3.34. The molecule has 0 heterocycles. The zero-order chi connectivity index (χ0) is 12.8. The number of nitrogens with one attached hydrogen (secondary N) is 1. The van der Waals surface area contributed by atoms with Crippen LogP contribution < -0.4 is 5.32 Å². The quantitative estimate of drug-likeness (QED) is 0.682. The van der Waals surface area contributed by atoms with Gasteiger partial charge in [-0.2, -0.15) is 0 Å². The molecule has 16 heavy (non-hydrogen) atoms. The van der Waals surface area contributed by atoms with Gasteiger partial charge in [-0.3, -0.25) is 10.1 Å². The van der Waals surface area contributed by atoms with Crippen molar-refractivity contribution in [3.8, 4) is 0 Å². The number of carbonyl (C=O) groups excluding carboxylic acids is 1. The summed E-state index contributed by atoms with van der Waals surface area (Å²) in [6.45, 7) is 12.6. The van der Waals surface area contributed by atoms with Gasteiger partial charge in [0.15, 0.2) is 0 Å². The minimum atomic E-state index is -0.592. The average Bonchev–Trinajstić information content (AvgIpc) is 2.22. The van der Waals surface area contributed by atoms with Crippen molar-refractivity contribution < 1.29 is 9.53 Å². The van der Waals surface area contributed by atoms with E-state index >= 15 is 0 Å². The molecule has 0 aliphatic rings. The van der Waals surface area contributed by atoms with Crippen LogP contribution in [-0.4, -0.2) is 24.2 Å². The minimum Gasteiger partial charge on any atom is -0.464 e. The SMILES string of the molecule is CCC(CC)NC(C)(C)C(=O)OCC(C)C. The van der Waals surface area contributed by atoms with Gasteiger partial charge in [0.2, 0.25) is 0 Å². The molecule has 0 radical (unpaired) electrons. The summed E-state index contributed by atoms with van der Waals surface area (Å²) in [7, 11) is 0. The number of ether oxygens (including phenoxy) is 1. The fourth-order valence-electron chi connectivity index (χ4n) is 1.48. The van der Waals surface area contributed by atoms with Crippen molar-refractivity contribution in [1.82, 2.24) is 5.32 Å². The third-order valence-electron chi connectivity index (χ3n) is 2.61. The Kier molecular flexibility index (Phi) is 6.65. The van der Waals surface area contributed by atoms with Gasteiger partial charge in [0.25, 0.3) is 0 Å². The number of rotatable bonds is 7. The molecule has 0 aromatic heterocycles. The molecule has 0 amide bonds. The highest BCUT2D eigenvalue weighted by Gasteiger charge is 2.30. The molecule has 0 saturated carbocycles. The Morgan fingerprint density at radius 2 is 1.75 bits per heavy atom. The molecular weight excluding hydrogens is 202 g/mol. The first-order chi connectivity index (χ1) is 7.33. The first-order valence-electron chi connectivity index (χ1n) is 6.28. The van der Waals surface area contributed by atoms with Crippen LogP contribution in [0, 0.1) is 5.92 Å². The molecule has 0 aromatic carbocycles. The van der Waals surface area contributed by atoms with Gasteiger partial charge in [0, 0.05) is 6.04 Å². The lowest BCUT2D eigenvalue weighted by Crippen LogP contribution is -2.52. The van der Waals surface area contributed by atoms with Crippen molar-refractivity contribution in [3.63, 3.8) is 0 Å². The molecule has 0 aromatic rings. The van der Waals surface area contributed by atoms with Crippen LogP contribution in [0.5, 0.6) is 0 Å². The molecule has 0 unspecified atom stereocenters. The molecule has 0 spiro atoms. The Morgan fingerprint density at radius 1 is 1.25 bits per heavy atom. The Balaban J connectivity index is 4.24. The summed E-state index contributed by atoms with van der Waals surface area (Å²) in [6, 6.07) is 0.376. The minimum absolute atomic E-state index is 0.159. The Morgan fingerprint density at radius 3 is 2.12 bits per heavy atom. The maximum absolute atomic E-state index is 11.9. The van der Waals surface area contributed by atoms with E-state index in [1.807, 2.05) is 27.7 Å². The zero-order valence-electron chi connectivity index (χ0n) is 11.6. The molecule has 1 N–H and O–H groups in total. The van der Waals surface area contributed by atoms with Crippen molar-refractivity contribution in [3.05, 3.63) is 0 Å². The van der Waals surface area contributed by atoms with Crippen LogP contribution in [0.3, 0.4) is 0 Å². The van der Waals surface area contributed by atoms with E-state index in [1.54, 1.807) is 0 Å². The second kappa shape index (κ2) is 6.89. The van der Waals surface area contributed by atoms with Gasteiger partial charge >= 0.3 is 5.97 Å². The van der Waals surface area contributed by atoms with Gasteiger partial charge in [-0.1, -0.05) is 27.7 Å². The summed E-state index contributed by atoms with van der Waals surface area (Å²) >= 11 is 0. The Labute approximate surface area is 99.9 Å². The lowest BCUT2D eigenvalue weighted by molar-refractivity contribution is -0.151. The highest BCUT2D eigenvalue weighted by molar-refractivity contribution is 5.79. The van der Waals surface area contributed by atoms with E-state index in [4.69, 9.17) is 4.74 Å². The standard InChI is InChI=1S/C13H27NO2/c1-7-11(8-2)14-13(5,6)12(15)16-9-10(3)4/h10-11,14H,7-9H2,1-6H3.